The number of carbonyl (C=O) groups excluding carboxylic acids is 3. The number of thiazole rings is 1. The standard InChI is InChI=1S/C25H27FN4O4S/c1-25(2,3)29-23(34)22(16-7-9-19(31)10-8-16)30(18-6-4-5-17(26)15-18)21(33)12-11-20(32)28-24-27-13-14-35-24/h4-10,13-15,22,31H,11-12H2,1-3H3,(H,29,34)(H,27,28,32)/t22-/m0/s1. The van der Waals surface area contributed by atoms with Crippen LogP contribution >= 0.6 is 11.3 Å². The Morgan fingerprint density at radius 2 is 1.83 bits per heavy atom. The van der Waals surface area contributed by atoms with E-state index in [9.17, 15) is 23.9 Å². The van der Waals surface area contributed by atoms with Gasteiger partial charge in [-0.2, -0.15) is 0 Å². The normalized spacial score (nSPS) is 12.0. The van der Waals surface area contributed by atoms with Crippen LogP contribution in [0.4, 0.5) is 15.2 Å². The lowest BCUT2D eigenvalue weighted by Crippen LogP contribution is -2.49. The fourth-order valence-electron chi connectivity index (χ4n) is 3.38. The number of phenols is 1. The van der Waals surface area contributed by atoms with Crippen molar-refractivity contribution in [3.05, 3.63) is 71.5 Å². The summed E-state index contributed by atoms with van der Waals surface area (Å²) in [6, 6.07) is 10.0. The Balaban J connectivity index is 1.96. The van der Waals surface area contributed by atoms with Gasteiger partial charge in [0, 0.05) is 35.6 Å². The monoisotopic (exact) mass is 498 g/mol. The summed E-state index contributed by atoms with van der Waals surface area (Å²) in [7, 11) is 0. The van der Waals surface area contributed by atoms with Gasteiger partial charge in [0.1, 0.15) is 17.6 Å². The number of nitrogens with zero attached hydrogens (tertiary/aromatic N) is 2. The van der Waals surface area contributed by atoms with Crippen molar-refractivity contribution in [1.82, 2.24) is 10.3 Å². The van der Waals surface area contributed by atoms with Crippen LogP contribution in [0.25, 0.3) is 0 Å². The molecule has 3 rings (SSSR count). The van der Waals surface area contributed by atoms with E-state index in [1.54, 1.807) is 32.3 Å². The topological polar surface area (TPSA) is 112 Å². The molecule has 0 aliphatic carbocycles. The number of nitrogens with one attached hydrogen (secondary N) is 2. The van der Waals surface area contributed by atoms with Crippen molar-refractivity contribution < 1.29 is 23.9 Å². The van der Waals surface area contributed by atoms with Crippen LogP contribution in [0.2, 0.25) is 0 Å². The number of hydrogen-bond donors (Lipinski definition) is 3. The fraction of sp³-hybridized carbons (Fsp3) is 0.280. The van der Waals surface area contributed by atoms with Crippen molar-refractivity contribution in [2.45, 2.75) is 45.2 Å². The van der Waals surface area contributed by atoms with Crippen molar-refractivity contribution in [1.29, 1.82) is 0 Å². The van der Waals surface area contributed by atoms with Crippen molar-refractivity contribution in [3.63, 3.8) is 0 Å². The second-order valence-corrected chi connectivity index (χ2v) is 9.76. The first-order chi connectivity index (χ1) is 16.5. The van der Waals surface area contributed by atoms with Crippen LogP contribution < -0.4 is 15.5 Å². The number of halogens is 1. The predicted molar refractivity (Wildman–Crippen MR) is 133 cm³/mol. The Morgan fingerprint density at radius 1 is 1.11 bits per heavy atom. The summed E-state index contributed by atoms with van der Waals surface area (Å²) in [4.78, 5) is 44.5. The third-order valence-electron chi connectivity index (χ3n) is 4.81. The highest BCUT2D eigenvalue weighted by Gasteiger charge is 2.34. The molecule has 3 aromatic rings. The number of amides is 3. The Kier molecular flexibility index (Phi) is 8.18. The van der Waals surface area contributed by atoms with E-state index in [2.05, 4.69) is 15.6 Å². The van der Waals surface area contributed by atoms with Gasteiger partial charge in [0.25, 0.3) is 0 Å². The van der Waals surface area contributed by atoms with Crippen LogP contribution in [0, 0.1) is 5.82 Å². The predicted octanol–water partition coefficient (Wildman–Crippen LogP) is 4.40. The molecule has 0 aliphatic rings. The van der Waals surface area contributed by atoms with Gasteiger partial charge in [0.15, 0.2) is 5.13 Å². The van der Waals surface area contributed by atoms with Crippen LogP contribution in [-0.2, 0) is 14.4 Å². The average Bonchev–Trinajstić information content (AvgIpc) is 3.28. The van der Waals surface area contributed by atoms with Crippen molar-refractivity contribution in [2.24, 2.45) is 0 Å². The maximum atomic E-state index is 14.2. The van der Waals surface area contributed by atoms with Gasteiger partial charge in [0.2, 0.25) is 17.7 Å². The number of aromatic hydroxyl groups is 1. The number of benzene rings is 2. The van der Waals surface area contributed by atoms with Crippen LogP contribution in [0.1, 0.15) is 45.2 Å². The van der Waals surface area contributed by atoms with Crippen molar-refractivity contribution in [2.75, 3.05) is 10.2 Å². The van der Waals surface area contributed by atoms with E-state index in [1.165, 1.54) is 58.7 Å². The molecule has 8 nitrogen and oxygen atoms in total. The Labute approximate surface area is 206 Å². The van der Waals surface area contributed by atoms with Gasteiger partial charge in [-0.15, -0.1) is 11.3 Å². The summed E-state index contributed by atoms with van der Waals surface area (Å²) in [5, 5.41) is 17.3. The Hall–Kier alpha value is -3.79. The molecule has 0 saturated carbocycles. The van der Waals surface area contributed by atoms with E-state index in [0.29, 0.717) is 10.7 Å². The zero-order valence-electron chi connectivity index (χ0n) is 19.6. The minimum atomic E-state index is -1.17. The maximum Gasteiger partial charge on any atom is 0.248 e. The zero-order chi connectivity index (χ0) is 25.6. The smallest absolute Gasteiger partial charge is 0.248 e. The molecule has 0 saturated heterocycles. The first kappa shape index (κ1) is 25.8. The number of anilines is 2. The molecule has 10 heteroatoms. The lowest BCUT2D eigenvalue weighted by molar-refractivity contribution is -0.128. The summed E-state index contributed by atoms with van der Waals surface area (Å²) in [6.45, 7) is 5.40. The van der Waals surface area contributed by atoms with Crippen molar-refractivity contribution >= 4 is 39.9 Å². The fourth-order valence-corrected chi connectivity index (χ4v) is 3.93. The van der Waals surface area contributed by atoms with Gasteiger partial charge in [-0.05, 0) is 56.7 Å². The summed E-state index contributed by atoms with van der Waals surface area (Å²) in [6.07, 6.45) is 1.16. The molecule has 0 fully saturated rings. The third-order valence-corrected chi connectivity index (χ3v) is 5.50. The van der Waals surface area contributed by atoms with E-state index in [0.717, 1.165) is 6.07 Å². The molecule has 3 amide bonds. The molecule has 1 aromatic heterocycles. The molecule has 0 radical (unpaired) electrons. The first-order valence-electron chi connectivity index (χ1n) is 10.9. The second-order valence-electron chi connectivity index (χ2n) is 8.86. The summed E-state index contributed by atoms with van der Waals surface area (Å²) >= 11 is 1.25. The van der Waals surface area contributed by atoms with E-state index in [1.807, 2.05) is 0 Å². The Bertz CT molecular complexity index is 1180. The van der Waals surface area contributed by atoms with Gasteiger partial charge < -0.3 is 15.7 Å². The van der Waals surface area contributed by atoms with Gasteiger partial charge >= 0.3 is 0 Å². The molecule has 0 bridgehead atoms. The highest BCUT2D eigenvalue weighted by molar-refractivity contribution is 7.13. The van der Waals surface area contributed by atoms with E-state index in [4.69, 9.17) is 0 Å². The summed E-state index contributed by atoms with van der Waals surface area (Å²) in [5.41, 5.74) is -0.0388. The molecule has 1 heterocycles. The molecule has 1 atom stereocenters. The summed E-state index contributed by atoms with van der Waals surface area (Å²) in [5.74, 6) is -2.04. The minimum absolute atomic E-state index is 0.00813. The molecule has 184 valence electrons. The average molecular weight is 499 g/mol. The number of carbonyl (C=O) groups is 3. The highest BCUT2D eigenvalue weighted by atomic mass is 32.1. The van der Waals surface area contributed by atoms with Crippen LogP contribution in [0.5, 0.6) is 5.75 Å². The molecule has 35 heavy (non-hydrogen) atoms. The number of aromatic nitrogens is 1. The highest BCUT2D eigenvalue weighted by Crippen LogP contribution is 2.31. The van der Waals surface area contributed by atoms with Gasteiger partial charge in [0.05, 0.1) is 0 Å². The van der Waals surface area contributed by atoms with Gasteiger partial charge in [-0.25, -0.2) is 9.37 Å². The molecular weight excluding hydrogens is 471 g/mol. The minimum Gasteiger partial charge on any atom is -0.508 e. The number of hydrogen-bond acceptors (Lipinski definition) is 6. The van der Waals surface area contributed by atoms with Crippen LogP contribution in [-0.4, -0.2) is 33.4 Å². The number of rotatable bonds is 8. The SMILES string of the molecule is CC(C)(C)NC(=O)[C@H](c1ccc(O)cc1)N(C(=O)CCC(=O)Nc1nccs1)c1cccc(F)c1. The van der Waals surface area contributed by atoms with E-state index in [-0.39, 0.29) is 24.3 Å². The molecule has 0 aliphatic heterocycles. The molecule has 0 unspecified atom stereocenters. The lowest BCUT2D eigenvalue weighted by atomic mass is 10.00. The lowest BCUT2D eigenvalue weighted by Gasteiger charge is -2.34. The molecule has 3 N–H and O–H groups in total. The summed E-state index contributed by atoms with van der Waals surface area (Å²) < 4.78 is 14.2. The Morgan fingerprint density at radius 3 is 2.43 bits per heavy atom. The number of phenolic OH excluding ortho intramolecular Hbond substituents is 1. The third kappa shape index (κ3) is 7.35. The van der Waals surface area contributed by atoms with E-state index < -0.39 is 35.1 Å². The molecule has 0 spiro atoms. The molecule has 2 aromatic carbocycles. The van der Waals surface area contributed by atoms with Crippen LogP contribution in [0.15, 0.2) is 60.1 Å². The van der Waals surface area contributed by atoms with E-state index >= 15 is 0 Å². The first-order valence-corrected chi connectivity index (χ1v) is 11.8. The van der Waals surface area contributed by atoms with Crippen molar-refractivity contribution in [3.8, 4) is 5.75 Å². The zero-order valence-corrected chi connectivity index (χ0v) is 20.4. The molecular formula is C25H27FN4O4S. The van der Waals surface area contributed by atoms with Gasteiger partial charge in [-0.1, -0.05) is 18.2 Å². The van der Waals surface area contributed by atoms with Gasteiger partial charge in [-0.3, -0.25) is 19.3 Å². The van der Waals surface area contributed by atoms with Crippen LogP contribution in [0.3, 0.4) is 0 Å². The maximum absolute atomic E-state index is 14.2. The largest absolute Gasteiger partial charge is 0.508 e. The second kappa shape index (κ2) is 11.1. The quantitative estimate of drug-likeness (QED) is 0.426.